The molecule has 0 spiro atoms. The minimum atomic E-state index is -0.196. The Kier molecular flexibility index (Phi) is 9.65. The lowest BCUT2D eigenvalue weighted by molar-refractivity contribution is 0.195. The highest BCUT2D eigenvalue weighted by atomic mass is 32.1. The summed E-state index contributed by atoms with van der Waals surface area (Å²) in [7, 11) is 0. The Morgan fingerprint density at radius 1 is 0.461 bits per heavy atom. The van der Waals surface area contributed by atoms with Crippen LogP contribution in [0.25, 0.3) is 53.2 Å². The zero-order valence-electron chi connectivity index (χ0n) is 44.9. The lowest BCUT2D eigenvalue weighted by atomic mass is 9.33. The number of thiophene rings is 1. The van der Waals surface area contributed by atoms with Crippen LogP contribution >= 0.6 is 11.3 Å². The molecule has 0 amide bonds. The molecule has 0 radical (unpaired) electrons. The van der Waals surface area contributed by atoms with Gasteiger partial charge in [0.2, 0.25) is 0 Å². The van der Waals surface area contributed by atoms with Crippen LogP contribution in [0.5, 0.6) is 0 Å². The highest BCUT2D eigenvalue weighted by Crippen LogP contribution is 2.62. The van der Waals surface area contributed by atoms with Crippen LogP contribution in [-0.2, 0) is 16.2 Å². The second-order valence-electron chi connectivity index (χ2n) is 24.9. The fraction of sp³-hybridized carbons (Fsp3) is 0.229. The van der Waals surface area contributed by atoms with Crippen LogP contribution in [0.3, 0.4) is 0 Å². The van der Waals surface area contributed by atoms with Gasteiger partial charge in [0.1, 0.15) is 11.2 Å². The van der Waals surface area contributed by atoms with Gasteiger partial charge in [-0.15, -0.1) is 11.3 Å². The quantitative estimate of drug-likeness (QED) is 0.164. The molecule has 1 aliphatic carbocycles. The van der Waals surface area contributed by atoms with Crippen molar-refractivity contribution in [2.24, 2.45) is 0 Å². The fourth-order valence-electron chi connectivity index (χ4n) is 14.2. The first kappa shape index (κ1) is 45.8. The van der Waals surface area contributed by atoms with E-state index >= 15 is 0 Å². The summed E-state index contributed by atoms with van der Waals surface area (Å²) in [6.07, 6.45) is 4.65. The first-order valence-electron chi connectivity index (χ1n) is 27.6. The Hall–Kier alpha value is -7.54. The van der Waals surface area contributed by atoms with E-state index in [-0.39, 0.29) is 28.5 Å². The summed E-state index contributed by atoms with van der Waals surface area (Å²) in [6, 6.07) is 69.9. The molecule has 0 saturated heterocycles. The van der Waals surface area contributed by atoms with E-state index < -0.39 is 0 Å². The monoisotopic (exact) mass is 1000 g/mol. The molecule has 4 nitrogen and oxygen atoms in total. The number of fused-ring (bicyclic) bond motifs is 13. The van der Waals surface area contributed by atoms with E-state index in [2.05, 4.69) is 252 Å². The molecule has 76 heavy (non-hydrogen) atoms. The summed E-state index contributed by atoms with van der Waals surface area (Å²) in [5, 5.41) is 4.88. The Labute approximate surface area is 451 Å². The second-order valence-corrected chi connectivity index (χ2v) is 25.9. The average Bonchev–Trinajstić information content (AvgIpc) is 4.14. The predicted molar refractivity (Wildman–Crippen MR) is 326 cm³/mol. The molecule has 2 aromatic heterocycles. The third-order valence-corrected chi connectivity index (χ3v) is 19.6. The largest absolute Gasteiger partial charge is 0.456 e. The summed E-state index contributed by atoms with van der Waals surface area (Å²) in [5.74, 6) is 0. The van der Waals surface area contributed by atoms with E-state index in [1.165, 1.54) is 117 Å². The van der Waals surface area contributed by atoms with E-state index in [4.69, 9.17) is 4.42 Å². The third-order valence-electron chi connectivity index (χ3n) is 18.5. The number of para-hydroxylation sites is 1. The molecule has 1 saturated carbocycles. The summed E-state index contributed by atoms with van der Waals surface area (Å²) < 4.78 is 9.39. The molecular weight excluding hydrogens is 942 g/mol. The Morgan fingerprint density at radius 3 is 1.78 bits per heavy atom. The molecule has 4 aliphatic rings. The van der Waals surface area contributed by atoms with E-state index in [0.29, 0.717) is 0 Å². The highest BCUT2D eigenvalue weighted by molar-refractivity contribution is 7.25. The van der Waals surface area contributed by atoms with Gasteiger partial charge in [0.25, 0.3) is 6.71 Å². The zero-order chi connectivity index (χ0) is 51.6. The molecule has 2 unspecified atom stereocenters. The third kappa shape index (κ3) is 6.49. The van der Waals surface area contributed by atoms with Crippen molar-refractivity contribution in [1.29, 1.82) is 0 Å². The van der Waals surface area contributed by atoms with Gasteiger partial charge >= 0.3 is 0 Å². The molecule has 372 valence electrons. The van der Waals surface area contributed by atoms with Crippen molar-refractivity contribution >= 4 is 122 Å². The number of rotatable bonds is 4. The number of furan rings is 1. The van der Waals surface area contributed by atoms with Crippen LogP contribution in [0.4, 0.5) is 45.5 Å². The number of benzene rings is 9. The van der Waals surface area contributed by atoms with Gasteiger partial charge in [0.05, 0.1) is 5.54 Å². The van der Waals surface area contributed by atoms with E-state index in [1.807, 2.05) is 11.3 Å². The average molecular weight is 1000 g/mol. The normalized spacial score (nSPS) is 18.8. The number of hydrogen-bond acceptors (Lipinski definition) is 5. The number of hydrogen-bond donors (Lipinski definition) is 0. The van der Waals surface area contributed by atoms with Crippen LogP contribution < -0.4 is 31.1 Å². The van der Waals surface area contributed by atoms with Gasteiger partial charge < -0.3 is 19.1 Å². The van der Waals surface area contributed by atoms with Crippen LogP contribution in [0.15, 0.2) is 186 Å². The summed E-state index contributed by atoms with van der Waals surface area (Å²) >= 11 is 1.89. The van der Waals surface area contributed by atoms with Crippen LogP contribution in [0, 0.1) is 0 Å². The second kappa shape index (κ2) is 16.0. The van der Waals surface area contributed by atoms with E-state index in [0.717, 1.165) is 40.5 Å². The van der Waals surface area contributed by atoms with Gasteiger partial charge in [-0.25, -0.2) is 0 Å². The molecule has 15 rings (SSSR count). The Balaban J connectivity index is 1.07. The van der Waals surface area contributed by atoms with Crippen molar-refractivity contribution in [2.75, 3.05) is 14.7 Å². The summed E-state index contributed by atoms with van der Waals surface area (Å²) in [6.45, 7) is 19.2. The molecule has 1 fully saturated rings. The van der Waals surface area contributed by atoms with Gasteiger partial charge in [-0.05, 0) is 154 Å². The van der Waals surface area contributed by atoms with Crippen molar-refractivity contribution in [3.05, 3.63) is 199 Å². The van der Waals surface area contributed by atoms with Crippen LogP contribution in [-0.4, -0.2) is 12.3 Å². The molecule has 11 aromatic rings. The maximum atomic E-state index is 6.76. The van der Waals surface area contributed by atoms with E-state index in [9.17, 15) is 0 Å². The van der Waals surface area contributed by atoms with Crippen molar-refractivity contribution in [2.45, 2.75) is 103 Å². The number of nitrogens with zero attached hydrogens (tertiary/aromatic N) is 3. The van der Waals surface area contributed by atoms with Gasteiger partial charge in [0.15, 0.2) is 0 Å². The summed E-state index contributed by atoms with van der Waals surface area (Å²) in [5.41, 5.74) is 21.7. The Morgan fingerprint density at radius 2 is 1.07 bits per heavy atom. The van der Waals surface area contributed by atoms with Gasteiger partial charge in [0, 0.05) is 87.9 Å². The maximum absolute atomic E-state index is 6.76. The summed E-state index contributed by atoms with van der Waals surface area (Å²) in [4.78, 5) is 8.07. The molecular formula is C70H62BN3OS. The van der Waals surface area contributed by atoms with Gasteiger partial charge in [-0.2, -0.15) is 0 Å². The lowest BCUT2D eigenvalue weighted by Gasteiger charge is -2.51. The van der Waals surface area contributed by atoms with Crippen LogP contribution in [0.1, 0.15) is 97.8 Å². The molecule has 5 heterocycles. The van der Waals surface area contributed by atoms with E-state index in [1.54, 1.807) is 0 Å². The van der Waals surface area contributed by atoms with Gasteiger partial charge in [-0.1, -0.05) is 158 Å². The molecule has 0 N–H and O–H groups in total. The number of anilines is 8. The molecule has 3 aliphatic heterocycles. The van der Waals surface area contributed by atoms with Crippen LogP contribution in [0.2, 0.25) is 0 Å². The van der Waals surface area contributed by atoms with Crippen molar-refractivity contribution in [1.82, 2.24) is 0 Å². The Bertz CT molecular complexity index is 4230. The minimum absolute atomic E-state index is 0.0324. The van der Waals surface area contributed by atoms with Crippen molar-refractivity contribution in [3.63, 3.8) is 0 Å². The van der Waals surface area contributed by atoms with Crippen molar-refractivity contribution in [3.8, 4) is 11.1 Å². The smallest absolute Gasteiger partial charge is 0.252 e. The predicted octanol–water partition coefficient (Wildman–Crippen LogP) is 18.0. The maximum Gasteiger partial charge on any atom is 0.252 e. The fourth-order valence-corrected chi connectivity index (χ4v) is 15.3. The zero-order valence-corrected chi connectivity index (χ0v) is 45.7. The molecule has 0 bridgehead atoms. The van der Waals surface area contributed by atoms with Crippen molar-refractivity contribution < 1.29 is 4.42 Å². The lowest BCUT2D eigenvalue weighted by Crippen LogP contribution is -2.61. The molecule has 2 atom stereocenters. The molecule has 6 heteroatoms. The highest BCUT2D eigenvalue weighted by Gasteiger charge is 2.58. The molecule has 9 aromatic carbocycles. The minimum Gasteiger partial charge on any atom is -0.456 e. The first-order valence-corrected chi connectivity index (χ1v) is 28.4. The van der Waals surface area contributed by atoms with Gasteiger partial charge in [-0.3, -0.25) is 0 Å². The standard InChI is InChI=1S/C70H62BN3OS/c1-67(2,3)45-25-30-55-58(37-45)72(47-28-33-65-53(39-47)52-21-13-15-23-64(52)76-65)60-40-49(74-57-32-24-44(43-18-10-9-11-19-43)36-54(57)69(7)34-16-17-35-70(69,74)8)41-61-66(60)71(55)56-31-26-46(68(4,5)6)38-59(56)73(61)48-27-29-51-50-20-12-14-22-62(50)75-63(51)42-48/h9-15,18-33,36-42H,16-17,34-35H2,1-8H3. The topological polar surface area (TPSA) is 22.9 Å². The SMILES string of the molecule is CC(C)(C)c1ccc2c(c1)N(c1ccc3c(c1)oc1ccccc13)c1cc(N3c4ccc(-c5ccccc5)cc4C4(C)CCCCC34C)cc3c1B2c1ccc(C(C)(C)C)cc1N3c1ccc2sc3ccccc3c2c1. The first-order chi connectivity index (χ1) is 36.7.